The topological polar surface area (TPSA) is 83.5 Å². The molecule has 0 radical (unpaired) electrons. The quantitative estimate of drug-likeness (QED) is 0.877. The Balaban J connectivity index is 2.69. The van der Waals surface area contributed by atoms with E-state index in [0.29, 0.717) is 15.5 Å². The normalized spacial score (nSPS) is 11.5. The second kappa shape index (κ2) is 4.82. The molecule has 0 aliphatic carbocycles. The number of hydrogen-bond donors (Lipinski definition) is 2. The van der Waals surface area contributed by atoms with Gasteiger partial charge in [0.25, 0.3) is 0 Å². The third kappa shape index (κ3) is 2.87. The molecular formula is C12H10BrNO4S. The molecule has 0 spiro atoms. The number of carboxylic acid groups (broad SMARTS) is 1. The van der Waals surface area contributed by atoms with E-state index in [0.717, 1.165) is 11.6 Å². The van der Waals surface area contributed by atoms with Crippen molar-refractivity contribution in [2.45, 2.75) is 4.90 Å². The Hall–Kier alpha value is -1.60. The van der Waals surface area contributed by atoms with E-state index in [2.05, 4.69) is 21.2 Å². The lowest BCUT2D eigenvalue weighted by atomic mass is 10.1. The summed E-state index contributed by atoms with van der Waals surface area (Å²) in [5.74, 6) is 0. The Labute approximate surface area is 118 Å². The van der Waals surface area contributed by atoms with Gasteiger partial charge in [0.05, 0.1) is 10.6 Å². The summed E-state index contributed by atoms with van der Waals surface area (Å²) < 4.78 is 23.6. The maximum Gasteiger partial charge on any atom is 0.409 e. The van der Waals surface area contributed by atoms with Crippen LogP contribution in [0.4, 0.5) is 10.5 Å². The molecule has 0 saturated heterocycles. The van der Waals surface area contributed by atoms with Crippen LogP contribution in [0.25, 0.3) is 10.8 Å². The van der Waals surface area contributed by atoms with Crippen molar-refractivity contribution in [3.05, 3.63) is 34.8 Å². The molecule has 0 aliphatic heterocycles. The van der Waals surface area contributed by atoms with Crippen molar-refractivity contribution in [1.29, 1.82) is 0 Å². The number of hydrogen-bond acceptors (Lipinski definition) is 3. The molecule has 100 valence electrons. The van der Waals surface area contributed by atoms with Crippen molar-refractivity contribution < 1.29 is 18.3 Å². The van der Waals surface area contributed by atoms with Crippen molar-refractivity contribution in [3.63, 3.8) is 0 Å². The molecule has 2 aromatic carbocycles. The summed E-state index contributed by atoms with van der Waals surface area (Å²) in [4.78, 5) is 10.8. The molecule has 1 amide bonds. The largest absolute Gasteiger partial charge is 0.465 e. The zero-order chi connectivity index (χ0) is 14.2. The highest BCUT2D eigenvalue weighted by Crippen LogP contribution is 2.32. The van der Waals surface area contributed by atoms with Gasteiger partial charge in [0.1, 0.15) is 0 Å². The van der Waals surface area contributed by atoms with Crippen molar-refractivity contribution in [1.82, 2.24) is 0 Å². The number of halogens is 1. The molecule has 2 rings (SSSR count). The molecule has 0 unspecified atom stereocenters. The highest BCUT2D eigenvalue weighted by atomic mass is 79.9. The van der Waals surface area contributed by atoms with E-state index in [1.807, 2.05) is 0 Å². The number of nitrogens with one attached hydrogen (secondary N) is 1. The third-order valence-corrected chi connectivity index (χ3v) is 4.56. The number of amides is 1. The van der Waals surface area contributed by atoms with Crippen molar-refractivity contribution in [3.8, 4) is 0 Å². The Bertz CT molecular complexity index is 771. The Kier molecular flexibility index (Phi) is 3.51. The van der Waals surface area contributed by atoms with Gasteiger partial charge in [0, 0.05) is 10.7 Å². The molecule has 0 atom stereocenters. The average Bonchev–Trinajstić information content (AvgIpc) is 2.31. The number of anilines is 1. The first kappa shape index (κ1) is 13.8. The Morgan fingerprint density at radius 2 is 1.89 bits per heavy atom. The van der Waals surface area contributed by atoms with E-state index >= 15 is 0 Å². The first-order valence-electron chi connectivity index (χ1n) is 5.21. The van der Waals surface area contributed by atoms with Crippen LogP contribution in [0.15, 0.2) is 39.7 Å². The van der Waals surface area contributed by atoms with Crippen molar-refractivity contribution in [2.75, 3.05) is 11.6 Å². The molecular weight excluding hydrogens is 334 g/mol. The van der Waals surface area contributed by atoms with Crippen LogP contribution < -0.4 is 5.32 Å². The van der Waals surface area contributed by atoms with Crippen LogP contribution in [0, 0.1) is 0 Å². The predicted molar refractivity (Wildman–Crippen MR) is 76.4 cm³/mol. The fourth-order valence-electron chi connectivity index (χ4n) is 1.70. The molecule has 0 bridgehead atoms. The molecule has 0 heterocycles. The minimum absolute atomic E-state index is 0.188. The predicted octanol–water partition coefficient (Wildman–Crippen LogP) is 3.10. The third-order valence-electron chi connectivity index (χ3n) is 2.60. The summed E-state index contributed by atoms with van der Waals surface area (Å²) in [5.41, 5.74) is 0.366. The van der Waals surface area contributed by atoms with Crippen LogP contribution in [-0.2, 0) is 9.84 Å². The average molecular weight is 344 g/mol. The second-order valence-corrected chi connectivity index (χ2v) is 6.82. The molecule has 2 aromatic rings. The lowest BCUT2D eigenvalue weighted by Crippen LogP contribution is -2.07. The summed E-state index contributed by atoms with van der Waals surface area (Å²) in [7, 11) is -3.30. The first-order valence-corrected chi connectivity index (χ1v) is 7.90. The number of benzene rings is 2. The van der Waals surface area contributed by atoms with Crippen LogP contribution in [0.3, 0.4) is 0 Å². The van der Waals surface area contributed by atoms with Gasteiger partial charge in [-0.3, -0.25) is 5.32 Å². The molecule has 19 heavy (non-hydrogen) atoms. The van der Waals surface area contributed by atoms with Gasteiger partial charge in [-0.05, 0) is 44.9 Å². The molecule has 0 aromatic heterocycles. The number of sulfone groups is 1. The van der Waals surface area contributed by atoms with Gasteiger partial charge in [0.15, 0.2) is 9.84 Å². The van der Waals surface area contributed by atoms with Crippen molar-refractivity contribution >= 4 is 48.3 Å². The molecule has 2 N–H and O–H groups in total. The van der Waals surface area contributed by atoms with Crippen LogP contribution >= 0.6 is 15.9 Å². The van der Waals surface area contributed by atoms with Gasteiger partial charge in [0.2, 0.25) is 0 Å². The summed E-state index contributed by atoms with van der Waals surface area (Å²) in [6.07, 6.45) is -0.0548. The van der Waals surface area contributed by atoms with E-state index in [1.54, 1.807) is 18.2 Å². The van der Waals surface area contributed by atoms with E-state index in [4.69, 9.17) is 5.11 Å². The van der Waals surface area contributed by atoms with E-state index in [1.165, 1.54) is 12.1 Å². The fourth-order valence-corrected chi connectivity index (χ4v) is 2.93. The SMILES string of the molecule is CS(=O)(=O)c1ccc2ccc(NC(=O)O)c(Br)c2c1. The number of fused-ring (bicyclic) bond motifs is 1. The highest BCUT2D eigenvalue weighted by molar-refractivity contribution is 9.10. The van der Waals surface area contributed by atoms with E-state index in [-0.39, 0.29) is 4.90 Å². The maximum absolute atomic E-state index is 11.5. The van der Waals surface area contributed by atoms with Crippen LogP contribution in [-0.4, -0.2) is 25.9 Å². The standard InChI is InChI=1S/C12H10BrNO4S/c1-19(17,18)8-4-2-7-3-5-10(14-12(15)16)11(13)9(7)6-8/h2-6,14H,1H3,(H,15,16). The molecule has 7 heteroatoms. The summed E-state index contributed by atoms with van der Waals surface area (Å²) in [6.45, 7) is 0. The molecule has 0 fully saturated rings. The number of carbonyl (C=O) groups is 1. The highest BCUT2D eigenvalue weighted by Gasteiger charge is 2.12. The molecule has 0 saturated carbocycles. The van der Waals surface area contributed by atoms with Crippen LogP contribution in [0.1, 0.15) is 0 Å². The summed E-state index contributed by atoms with van der Waals surface area (Å²) in [5, 5.41) is 12.4. The number of rotatable bonds is 2. The lowest BCUT2D eigenvalue weighted by Gasteiger charge is -2.09. The Morgan fingerprint density at radius 3 is 2.47 bits per heavy atom. The maximum atomic E-state index is 11.5. The van der Waals surface area contributed by atoms with E-state index in [9.17, 15) is 13.2 Å². The van der Waals surface area contributed by atoms with Gasteiger partial charge >= 0.3 is 6.09 Å². The fraction of sp³-hybridized carbons (Fsp3) is 0.0833. The minimum Gasteiger partial charge on any atom is -0.465 e. The summed E-state index contributed by atoms with van der Waals surface area (Å²) >= 11 is 3.29. The first-order chi connectivity index (χ1) is 8.79. The summed E-state index contributed by atoms with van der Waals surface area (Å²) in [6, 6.07) is 8.05. The zero-order valence-corrected chi connectivity index (χ0v) is 12.2. The second-order valence-electron chi connectivity index (χ2n) is 4.01. The van der Waals surface area contributed by atoms with Crippen molar-refractivity contribution in [2.24, 2.45) is 0 Å². The van der Waals surface area contributed by atoms with Gasteiger partial charge in [-0.15, -0.1) is 0 Å². The zero-order valence-electron chi connectivity index (χ0n) is 9.84. The molecule has 5 nitrogen and oxygen atoms in total. The minimum atomic E-state index is -3.30. The Morgan fingerprint density at radius 1 is 1.26 bits per heavy atom. The smallest absolute Gasteiger partial charge is 0.409 e. The monoisotopic (exact) mass is 343 g/mol. The van der Waals surface area contributed by atoms with Gasteiger partial charge in [-0.25, -0.2) is 13.2 Å². The van der Waals surface area contributed by atoms with E-state index < -0.39 is 15.9 Å². The van der Waals surface area contributed by atoms with Gasteiger partial charge in [-0.1, -0.05) is 12.1 Å². The van der Waals surface area contributed by atoms with Crippen LogP contribution in [0.2, 0.25) is 0 Å². The van der Waals surface area contributed by atoms with Gasteiger partial charge < -0.3 is 5.11 Å². The van der Waals surface area contributed by atoms with Crippen LogP contribution in [0.5, 0.6) is 0 Å². The molecule has 0 aliphatic rings. The lowest BCUT2D eigenvalue weighted by molar-refractivity contribution is 0.209. The van der Waals surface area contributed by atoms with Gasteiger partial charge in [-0.2, -0.15) is 0 Å².